The maximum atomic E-state index is 14.3. The fourth-order valence-electron chi connectivity index (χ4n) is 8.15. The van der Waals surface area contributed by atoms with Gasteiger partial charge in [-0.2, -0.15) is 13.2 Å². The van der Waals surface area contributed by atoms with Crippen molar-refractivity contribution in [2.75, 3.05) is 13.7 Å². The Morgan fingerprint density at radius 1 is 1.02 bits per heavy atom. The first-order valence-corrected chi connectivity index (χ1v) is 17.0. The standard InChI is InChI=1S/C35H45F3N4O6/c1-18(43)29-23(16-35(36,37)38)28-17-42(29)32(44)30(34(2,3)4)41-33(45)48-27-14-19-13-22(19)21(27)9-7-6-8-10-25-31(47-28)40-26-15-20(46-5)11-12-24(26)39-25/h11-12,15,19,21-23,27-30H,6-10,13-14,16-17H2,1-5H3,(H,41,45)/t19?,21-,22?,23-,27-,28+,29-,30-/m1/s1. The smallest absolute Gasteiger partial charge is 0.408 e. The maximum Gasteiger partial charge on any atom is 0.408 e. The Labute approximate surface area is 278 Å². The zero-order chi connectivity index (χ0) is 34.5. The summed E-state index contributed by atoms with van der Waals surface area (Å²) >= 11 is 0. The number of rotatable bonds is 3. The fourth-order valence-corrected chi connectivity index (χ4v) is 8.15. The molecular formula is C35H45F3N4O6. The Balaban J connectivity index is 1.41. The van der Waals surface area contributed by atoms with Gasteiger partial charge in [-0.1, -0.05) is 33.6 Å². The van der Waals surface area contributed by atoms with Crippen molar-refractivity contribution in [3.8, 4) is 11.6 Å². The Kier molecular flexibility index (Phi) is 9.27. The lowest BCUT2D eigenvalue weighted by molar-refractivity contribution is -0.155. The molecule has 2 aliphatic carbocycles. The summed E-state index contributed by atoms with van der Waals surface area (Å²) in [6, 6.07) is 2.60. The molecule has 262 valence electrons. The molecule has 2 saturated carbocycles. The van der Waals surface area contributed by atoms with E-state index < -0.39 is 59.9 Å². The van der Waals surface area contributed by atoms with Crippen LogP contribution in [0.2, 0.25) is 0 Å². The number of halogens is 3. The van der Waals surface area contributed by atoms with Gasteiger partial charge < -0.3 is 24.4 Å². The van der Waals surface area contributed by atoms with Crippen molar-refractivity contribution in [3.63, 3.8) is 0 Å². The van der Waals surface area contributed by atoms with Crippen molar-refractivity contribution in [2.24, 2.45) is 29.1 Å². The number of hydrogen-bond acceptors (Lipinski definition) is 8. The van der Waals surface area contributed by atoms with Crippen molar-refractivity contribution in [2.45, 2.75) is 110 Å². The number of fused-ring (bicyclic) bond motifs is 7. The molecule has 10 nitrogen and oxygen atoms in total. The van der Waals surface area contributed by atoms with E-state index in [0.29, 0.717) is 40.7 Å². The highest BCUT2D eigenvalue weighted by Crippen LogP contribution is 2.57. The van der Waals surface area contributed by atoms with Gasteiger partial charge in [0.1, 0.15) is 29.7 Å². The number of aromatic nitrogens is 2. The summed E-state index contributed by atoms with van der Waals surface area (Å²) in [5.41, 5.74) is 0.682. The second-order valence-electron chi connectivity index (χ2n) is 15.1. The van der Waals surface area contributed by atoms with Crippen LogP contribution in [0.3, 0.4) is 0 Å². The summed E-state index contributed by atoms with van der Waals surface area (Å²) in [5.74, 6) is -0.770. The highest BCUT2D eigenvalue weighted by molar-refractivity contribution is 5.92. The molecule has 2 aliphatic heterocycles. The maximum absolute atomic E-state index is 14.3. The van der Waals surface area contributed by atoms with Gasteiger partial charge in [-0.05, 0) is 74.3 Å². The van der Waals surface area contributed by atoms with E-state index in [1.165, 1.54) is 14.0 Å². The Hall–Kier alpha value is -3.64. The van der Waals surface area contributed by atoms with Crippen molar-refractivity contribution in [1.29, 1.82) is 0 Å². The van der Waals surface area contributed by atoms with Crippen molar-refractivity contribution >= 4 is 28.8 Å². The number of methoxy groups -OCH3 is 1. The van der Waals surface area contributed by atoms with E-state index >= 15 is 0 Å². The topological polar surface area (TPSA) is 120 Å². The second kappa shape index (κ2) is 13.0. The summed E-state index contributed by atoms with van der Waals surface area (Å²) in [6.45, 7) is 6.12. The molecular weight excluding hydrogens is 629 g/mol. The molecule has 2 amide bonds. The van der Waals surface area contributed by atoms with Crippen LogP contribution in [0, 0.1) is 29.1 Å². The third-order valence-corrected chi connectivity index (χ3v) is 10.6. The average Bonchev–Trinajstić information content (AvgIpc) is 3.55. The van der Waals surface area contributed by atoms with Gasteiger partial charge in [-0.3, -0.25) is 9.59 Å². The van der Waals surface area contributed by atoms with E-state index in [4.69, 9.17) is 24.2 Å². The van der Waals surface area contributed by atoms with E-state index in [9.17, 15) is 27.6 Å². The van der Waals surface area contributed by atoms with E-state index in [1.54, 1.807) is 39.0 Å². The minimum absolute atomic E-state index is 0.0800. The number of ether oxygens (including phenoxy) is 3. The lowest BCUT2D eigenvalue weighted by atomic mass is 9.85. The average molecular weight is 675 g/mol. The number of nitrogens with one attached hydrogen (secondary N) is 1. The number of alkyl halides is 3. The summed E-state index contributed by atoms with van der Waals surface area (Å²) in [4.78, 5) is 51.5. The first-order chi connectivity index (χ1) is 22.6. The molecule has 0 spiro atoms. The SMILES string of the molecule is COc1ccc2nc3c(nc2c1)O[C@H]1CN(C(=O)[C@H](C(C)(C)C)NC(=O)O[C@@H]2CC4CC4[C@H]2CCCCC3)[C@H](C(C)=O)[C@@H]1CC(F)(F)F. The van der Waals surface area contributed by atoms with Crippen LogP contribution in [0.4, 0.5) is 18.0 Å². The number of ketones is 1. The van der Waals surface area contributed by atoms with E-state index in [2.05, 4.69) is 5.32 Å². The molecule has 4 aliphatic rings. The number of carbonyl (C=O) groups is 3. The quantitative estimate of drug-likeness (QED) is 0.419. The highest BCUT2D eigenvalue weighted by Gasteiger charge is 2.56. The van der Waals surface area contributed by atoms with Crippen LogP contribution in [0.1, 0.15) is 78.3 Å². The Morgan fingerprint density at radius 3 is 2.48 bits per heavy atom. The van der Waals surface area contributed by atoms with Crippen LogP contribution in [0.15, 0.2) is 18.2 Å². The van der Waals surface area contributed by atoms with Gasteiger partial charge in [0, 0.05) is 12.0 Å². The van der Waals surface area contributed by atoms with Crippen LogP contribution in [0.5, 0.6) is 11.6 Å². The monoisotopic (exact) mass is 674 g/mol. The molecule has 3 heterocycles. The lowest BCUT2D eigenvalue weighted by Crippen LogP contribution is -2.57. The predicted molar refractivity (Wildman–Crippen MR) is 169 cm³/mol. The third kappa shape index (κ3) is 7.19. The van der Waals surface area contributed by atoms with Crippen molar-refractivity contribution < 1.29 is 41.8 Å². The first kappa shape index (κ1) is 34.2. The summed E-state index contributed by atoms with van der Waals surface area (Å²) in [6.07, 6.45) is -2.39. The van der Waals surface area contributed by atoms with E-state index in [-0.39, 0.29) is 24.4 Å². The van der Waals surface area contributed by atoms with Crippen LogP contribution < -0.4 is 14.8 Å². The molecule has 2 bridgehead atoms. The molecule has 13 heteroatoms. The molecule has 6 rings (SSSR count). The largest absolute Gasteiger partial charge is 0.497 e. The van der Waals surface area contributed by atoms with Gasteiger partial charge in [0.05, 0.1) is 37.2 Å². The van der Waals surface area contributed by atoms with Crippen LogP contribution in [-0.4, -0.2) is 76.8 Å². The molecule has 1 aromatic heterocycles. The lowest BCUT2D eigenvalue weighted by Gasteiger charge is -2.36. The van der Waals surface area contributed by atoms with Gasteiger partial charge in [-0.25, -0.2) is 14.8 Å². The molecule has 2 unspecified atom stereocenters. The molecule has 1 aromatic carbocycles. The number of Topliss-reactive ketones (excluding diaryl/α,β-unsaturated/α-hetero) is 1. The van der Waals surface area contributed by atoms with Crippen molar-refractivity contribution in [3.05, 3.63) is 23.9 Å². The van der Waals surface area contributed by atoms with Crippen LogP contribution in [0.25, 0.3) is 11.0 Å². The van der Waals surface area contributed by atoms with Gasteiger partial charge in [0.25, 0.3) is 0 Å². The number of amides is 2. The fraction of sp³-hybridized carbons (Fsp3) is 0.686. The van der Waals surface area contributed by atoms with Gasteiger partial charge in [0.2, 0.25) is 11.8 Å². The number of alkyl carbamates (subject to hydrolysis) is 1. The summed E-state index contributed by atoms with van der Waals surface area (Å²) in [5, 5.41) is 2.74. The molecule has 48 heavy (non-hydrogen) atoms. The molecule has 0 radical (unpaired) electrons. The normalized spacial score (nSPS) is 31.4. The minimum atomic E-state index is -4.65. The van der Waals surface area contributed by atoms with Gasteiger partial charge in [0.15, 0.2) is 5.78 Å². The highest BCUT2D eigenvalue weighted by atomic mass is 19.4. The Morgan fingerprint density at radius 2 is 1.79 bits per heavy atom. The zero-order valence-corrected chi connectivity index (χ0v) is 28.1. The predicted octanol–water partition coefficient (Wildman–Crippen LogP) is 6.04. The number of hydrogen-bond donors (Lipinski definition) is 1. The number of aryl methyl sites for hydroxylation is 1. The summed E-state index contributed by atoms with van der Waals surface area (Å²) in [7, 11) is 1.52. The van der Waals surface area contributed by atoms with Crippen LogP contribution >= 0.6 is 0 Å². The molecule has 8 atom stereocenters. The first-order valence-electron chi connectivity index (χ1n) is 17.0. The van der Waals surface area contributed by atoms with Crippen molar-refractivity contribution in [1.82, 2.24) is 20.2 Å². The molecule has 1 N–H and O–H groups in total. The van der Waals surface area contributed by atoms with Crippen LogP contribution in [-0.2, 0) is 20.7 Å². The molecule has 1 saturated heterocycles. The second-order valence-corrected chi connectivity index (χ2v) is 15.1. The van der Waals surface area contributed by atoms with Gasteiger partial charge in [-0.15, -0.1) is 0 Å². The Bertz CT molecular complexity index is 1560. The number of nitrogens with zero attached hydrogens (tertiary/aromatic N) is 3. The van der Waals surface area contributed by atoms with Gasteiger partial charge >= 0.3 is 12.3 Å². The molecule has 2 aromatic rings. The minimum Gasteiger partial charge on any atom is -0.497 e. The van der Waals surface area contributed by atoms with E-state index in [1.807, 2.05) is 0 Å². The van der Waals surface area contributed by atoms with E-state index in [0.717, 1.165) is 43.4 Å². The summed E-state index contributed by atoms with van der Waals surface area (Å²) < 4.78 is 60.0. The zero-order valence-electron chi connectivity index (χ0n) is 28.1. The number of benzene rings is 1. The number of carbonyl (C=O) groups excluding carboxylic acids is 3. The third-order valence-electron chi connectivity index (χ3n) is 10.6. The molecule has 3 fully saturated rings.